The highest BCUT2D eigenvalue weighted by molar-refractivity contribution is 5.77. The average Bonchev–Trinajstić information content (AvgIpc) is 2.59. The van der Waals surface area contributed by atoms with Gasteiger partial charge in [-0.2, -0.15) is 5.26 Å². The molecule has 2 aromatic rings. The van der Waals surface area contributed by atoms with Crippen LogP contribution in [0.1, 0.15) is 25.5 Å². The molecule has 1 heterocycles. The van der Waals surface area contributed by atoms with Gasteiger partial charge in [0.1, 0.15) is 0 Å². The predicted molar refractivity (Wildman–Crippen MR) is 54.8 cm³/mol. The van der Waals surface area contributed by atoms with Crippen LogP contribution in [0, 0.1) is 11.3 Å². The third-order valence-electron chi connectivity index (χ3n) is 2.26. The second-order valence-corrected chi connectivity index (χ2v) is 3.56. The van der Waals surface area contributed by atoms with Gasteiger partial charge in [0.15, 0.2) is 0 Å². The lowest BCUT2D eigenvalue weighted by atomic mass is 10.2. The van der Waals surface area contributed by atoms with E-state index in [1.807, 2.05) is 24.5 Å². The molecule has 0 amide bonds. The van der Waals surface area contributed by atoms with E-state index in [0.29, 0.717) is 11.6 Å². The van der Waals surface area contributed by atoms with E-state index in [2.05, 4.69) is 29.5 Å². The number of aromatic nitrogens is 2. The molecular weight excluding hydrogens is 174 g/mol. The highest BCUT2D eigenvalue weighted by Gasteiger charge is 2.05. The molecule has 0 aliphatic heterocycles. The molecule has 3 nitrogen and oxygen atoms in total. The summed E-state index contributed by atoms with van der Waals surface area (Å²) in [5.74, 6) is 0. The van der Waals surface area contributed by atoms with E-state index in [0.717, 1.165) is 11.0 Å². The minimum Gasteiger partial charge on any atom is -0.328 e. The highest BCUT2D eigenvalue weighted by atomic mass is 15.1. The second-order valence-electron chi connectivity index (χ2n) is 3.56. The number of nitrogens with zero attached hydrogens (tertiary/aromatic N) is 3. The molecule has 0 N–H and O–H groups in total. The molecule has 0 aliphatic rings. The van der Waals surface area contributed by atoms with Gasteiger partial charge in [0, 0.05) is 6.04 Å². The van der Waals surface area contributed by atoms with E-state index in [-0.39, 0.29) is 0 Å². The van der Waals surface area contributed by atoms with Gasteiger partial charge in [0.05, 0.1) is 29.0 Å². The van der Waals surface area contributed by atoms with Crippen molar-refractivity contribution < 1.29 is 0 Å². The van der Waals surface area contributed by atoms with Crippen molar-refractivity contribution in [3.8, 4) is 6.07 Å². The Balaban J connectivity index is 2.67. The van der Waals surface area contributed by atoms with Gasteiger partial charge in [-0.25, -0.2) is 4.98 Å². The van der Waals surface area contributed by atoms with Gasteiger partial charge >= 0.3 is 0 Å². The normalized spacial score (nSPS) is 10.7. The minimum absolute atomic E-state index is 0.396. The summed E-state index contributed by atoms with van der Waals surface area (Å²) in [7, 11) is 0. The van der Waals surface area contributed by atoms with Crippen molar-refractivity contribution in [3.63, 3.8) is 0 Å². The molecule has 1 aromatic carbocycles. The van der Waals surface area contributed by atoms with Crippen LogP contribution >= 0.6 is 0 Å². The van der Waals surface area contributed by atoms with Crippen LogP contribution in [0.15, 0.2) is 24.5 Å². The van der Waals surface area contributed by atoms with Crippen LogP contribution in [0.4, 0.5) is 0 Å². The zero-order chi connectivity index (χ0) is 10.1. The van der Waals surface area contributed by atoms with Gasteiger partial charge in [0.2, 0.25) is 0 Å². The Morgan fingerprint density at radius 3 is 2.86 bits per heavy atom. The quantitative estimate of drug-likeness (QED) is 0.684. The predicted octanol–water partition coefficient (Wildman–Crippen LogP) is 2.49. The van der Waals surface area contributed by atoms with Crippen molar-refractivity contribution in [3.05, 3.63) is 30.1 Å². The number of fused-ring (bicyclic) bond motifs is 1. The Morgan fingerprint density at radius 2 is 2.21 bits per heavy atom. The number of rotatable bonds is 1. The number of benzene rings is 1. The van der Waals surface area contributed by atoms with Gasteiger partial charge in [0.25, 0.3) is 0 Å². The first-order valence-corrected chi connectivity index (χ1v) is 4.59. The van der Waals surface area contributed by atoms with Gasteiger partial charge < -0.3 is 4.57 Å². The van der Waals surface area contributed by atoms with Gasteiger partial charge in [-0.3, -0.25) is 0 Å². The standard InChI is InChI=1S/C11H11N3/c1-8(2)14-7-13-10-5-9(6-12)3-4-11(10)14/h3-5,7-8H,1-2H3. The molecule has 0 unspecified atom stereocenters. The van der Waals surface area contributed by atoms with Crippen molar-refractivity contribution in [2.75, 3.05) is 0 Å². The maximum atomic E-state index is 8.73. The van der Waals surface area contributed by atoms with E-state index < -0.39 is 0 Å². The molecule has 1 aromatic heterocycles. The van der Waals surface area contributed by atoms with E-state index in [1.54, 1.807) is 0 Å². The third kappa shape index (κ3) is 1.25. The fourth-order valence-corrected chi connectivity index (χ4v) is 1.51. The largest absolute Gasteiger partial charge is 0.328 e. The van der Waals surface area contributed by atoms with Crippen molar-refractivity contribution in [1.82, 2.24) is 9.55 Å². The first kappa shape index (κ1) is 8.76. The van der Waals surface area contributed by atoms with Crippen molar-refractivity contribution in [2.45, 2.75) is 19.9 Å². The second kappa shape index (κ2) is 3.15. The Hall–Kier alpha value is -1.82. The molecule has 0 aliphatic carbocycles. The molecule has 3 heteroatoms. The van der Waals surface area contributed by atoms with Crippen LogP contribution in [0.2, 0.25) is 0 Å². The lowest BCUT2D eigenvalue weighted by Crippen LogP contribution is -1.97. The fourth-order valence-electron chi connectivity index (χ4n) is 1.51. The summed E-state index contributed by atoms with van der Waals surface area (Å²) < 4.78 is 2.09. The topological polar surface area (TPSA) is 41.6 Å². The van der Waals surface area contributed by atoms with Crippen LogP contribution in [0.3, 0.4) is 0 Å². The van der Waals surface area contributed by atoms with E-state index >= 15 is 0 Å². The Morgan fingerprint density at radius 1 is 1.43 bits per heavy atom. The SMILES string of the molecule is CC(C)n1cnc2cc(C#N)ccc21. The first-order valence-electron chi connectivity index (χ1n) is 4.59. The molecule has 0 bridgehead atoms. The van der Waals surface area contributed by atoms with Crippen molar-refractivity contribution in [1.29, 1.82) is 5.26 Å². The first-order chi connectivity index (χ1) is 6.72. The molecule has 2 rings (SSSR count). The number of hydrogen-bond acceptors (Lipinski definition) is 2. The molecule has 0 fully saturated rings. The van der Waals surface area contributed by atoms with Crippen LogP contribution in [0.5, 0.6) is 0 Å². The third-order valence-corrected chi connectivity index (χ3v) is 2.26. The monoisotopic (exact) mass is 185 g/mol. The van der Waals surface area contributed by atoms with Crippen LogP contribution in [-0.4, -0.2) is 9.55 Å². The highest BCUT2D eigenvalue weighted by Crippen LogP contribution is 2.18. The zero-order valence-corrected chi connectivity index (χ0v) is 8.23. The van der Waals surface area contributed by atoms with E-state index in [9.17, 15) is 0 Å². The average molecular weight is 185 g/mol. The summed E-state index contributed by atoms with van der Waals surface area (Å²) in [6.07, 6.45) is 1.82. The summed E-state index contributed by atoms with van der Waals surface area (Å²) in [5, 5.41) is 8.73. The summed E-state index contributed by atoms with van der Waals surface area (Å²) in [5.41, 5.74) is 2.63. The summed E-state index contributed by atoms with van der Waals surface area (Å²) in [6, 6.07) is 8.09. The van der Waals surface area contributed by atoms with Gasteiger partial charge in [-0.15, -0.1) is 0 Å². The van der Waals surface area contributed by atoms with Gasteiger partial charge in [-0.05, 0) is 32.0 Å². The minimum atomic E-state index is 0.396. The molecule has 0 atom stereocenters. The van der Waals surface area contributed by atoms with E-state index in [1.165, 1.54) is 0 Å². The lowest BCUT2D eigenvalue weighted by Gasteiger charge is -2.07. The van der Waals surface area contributed by atoms with Crippen LogP contribution < -0.4 is 0 Å². The van der Waals surface area contributed by atoms with Crippen molar-refractivity contribution >= 4 is 11.0 Å². The number of imidazole rings is 1. The molecular formula is C11H11N3. The summed E-state index contributed by atoms with van der Waals surface area (Å²) in [6.45, 7) is 4.22. The Labute approximate surface area is 82.6 Å². The maximum Gasteiger partial charge on any atom is 0.0992 e. The number of nitriles is 1. The molecule has 14 heavy (non-hydrogen) atoms. The van der Waals surface area contributed by atoms with Gasteiger partial charge in [-0.1, -0.05) is 0 Å². The number of hydrogen-bond donors (Lipinski definition) is 0. The molecule has 0 saturated heterocycles. The van der Waals surface area contributed by atoms with E-state index in [4.69, 9.17) is 5.26 Å². The Bertz CT molecular complexity index is 503. The Kier molecular flexibility index (Phi) is 1.97. The van der Waals surface area contributed by atoms with Crippen molar-refractivity contribution in [2.24, 2.45) is 0 Å². The fraction of sp³-hybridized carbons (Fsp3) is 0.273. The lowest BCUT2D eigenvalue weighted by molar-refractivity contribution is 0.617. The smallest absolute Gasteiger partial charge is 0.0992 e. The summed E-state index contributed by atoms with van der Waals surface area (Å²) >= 11 is 0. The van der Waals surface area contributed by atoms with Crippen LogP contribution in [0.25, 0.3) is 11.0 Å². The van der Waals surface area contributed by atoms with Crippen LogP contribution in [-0.2, 0) is 0 Å². The maximum absolute atomic E-state index is 8.73. The molecule has 70 valence electrons. The zero-order valence-electron chi connectivity index (χ0n) is 8.23. The summed E-state index contributed by atoms with van der Waals surface area (Å²) in [4.78, 5) is 4.26. The molecule has 0 spiro atoms. The molecule has 0 radical (unpaired) electrons. The molecule has 0 saturated carbocycles.